The van der Waals surface area contributed by atoms with E-state index in [-0.39, 0.29) is 18.2 Å². The van der Waals surface area contributed by atoms with E-state index in [1.54, 1.807) is 0 Å². The Balaban J connectivity index is 1.76. The molecule has 0 saturated heterocycles. The highest BCUT2D eigenvalue weighted by Gasteiger charge is 2.41. The first-order chi connectivity index (χ1) is 9.79. The van der Waals surface area contributed by atoms with Gasteiger partial charge in [0, 0.05) is 24.5 Å². The molecule has 0 aliphatic heterocycles. The molecule has 0 spiro atoms. The number of hydrogen-bond donors (Lipinski definition) is 1. The van der Waals surface area contributed by atoms with Crippen LogP contribution in [0.25, 0.3) is 10.8 Å². The molecule has 1 fully saturated rings. The fourth-order valence-electron chi connectivity index (χ4n) is 2.68. The maximum Gasteiger partial charge on any atom is 0.128 e. The fourth-order valence-corrected chi connectivity index (χ4v) is 2.68. The second-order valence-electron chi connectivity index (χ2n) is 5.37. The van der Waals surface area contributed by atoms with Gasteiger partial charge in [-0.2, -0.15) is 0 Å². The van der Waals surface area contributed by atoms with Gasteiger partial charge in [0.1, 0.15) is 18.0 Å². The third-order valence-corrected chi connectivity index (χ3v) is 3.84. The van der Waals surface area contributed by atoms with Gasteiger partial charge in [-0.05, 0) is 17.9 Å². The molecule has 3 nitrogen and oxygen atoms in total. The van der Waals surface area contributed by atoms with E-state index in [0.717, 1.165) is 30.6 Å². The molecule has 106 valence electrons. The summed E-state index contributed by atoms with van der Waals surface area (Å²) < 4.78 is 11.9. The third kappa shape index (κ3) is 2.51. The smallest absolute Gasteiger partial charge is 0.128 e. The van der Waals surface area contributed by atoms with Gasteiger partial charge < -0.3 is 15.2 Å². The Kier molecular flexibility index (Phi) is 3.90. The van der Waals surface area contributed by atoms with Gasteiger partial charge in [-0.15, -0.1) is 0 Å². The molecule has 0 amide bonds. The summed E-state index contributed by atoms with van der Waals surface area (Å²) in [6.45, 7) is 2.85. The Hall–Kier alpha value is -1.58. The lowest BCUT2D eigenvalue weighted by molar-refractivity contribution is -0.0975. The van der Waals surface area contributed by atoms with Crippen molar-refractivity contribution in [3.8, 4) is 5.75 Å². The maximum atomic E-state index is 6.14. The summed E-state index contributed by atoms with van der Waals surface area (Å²) in [6.07, 6.45) is 1.96. The van der Waals surface area contributed by atoms with Crippen LogP contribution in [0.4, 0.5) is 0 Å². The Morgan fingerprint density at radius 3 is 2.75 bits per heavy atom. The molecule has 1 saturated carbocycles. The van der Waals surface area contributed by atoms with E-state index in [9.17, 15) is 0 Å². The molecule has 1 aliphatic rings. The molecule has 1 aliphatic carbocycles. The van der Waals surface area contributed by atoms with Crippen LogP contribution < -0.4 is 10.5 Å². The van der Waals surface area contributed by atoms with E-state index < -0.39 is 0 Å². The van der Waals surface area contributed by atoms with E-state index in [1.165, 1.54) is 5.39 Å². The van der Waals surface area contributed by atoms with E-state index >= 15 is 0 Å². The zero-order valence-electron chi connectivity index (χ0n) is 11.8. The Morgan fingerprint density at radius 2 is 1.95 bits per heavy atom. The number of hydrogen-bond acceptors (Lipinski definition) is 3. The molecule has 2 N–H and O–H groups in total. The lowest BCUT2D eigenvalue weighted by Gasteiger charge is -2.41. The molecule has 3 atom stereocenters. The van der Waals surface area contributed by atoms with Gasteiger partial charge in [0.15, 0.2) is 0 Å². The average molecular weight is 271 g/mol. The Morgan fingerprint density at radius 1 is 1.15 bits per heavy atom. The van der Waals surface area contributed by atoms with Crippen LogP contribution in [-0.2, 0) is 4.74 Å². The SMILES string of the molecule is CCCOC1C(N)CC1Oc1cccc2ccccc12. The van der Waals surface area contributed by atoms with Crippen molar-refractivity contribution in [2.45, 2.75) is 38.0 Å². The molecule has 3 heteroatoms. The molecular weight excluding hydrogens is 250 g/mol. The maximum absolute atomic E-state index is 6.14. The lowest BCUT2D eigenvalue weighted by atomic mass is 9.86. The largest absolute Gasteiger partial charge is 0.487 e. The highest BCUT2D eigenvalue weighted by atomic mass is 16.5. The fraction of sp³-hybridized carbons (Fsp3) is 0.412. The van der Waals surface area contributed by atoms with Gasteiger partial charge in [0.2, 0.25) is 0 Å². The first-order valence-electron chi connectivity index (χ1n) is 7.31. The molecule has 20 heavy (non-hydrogen) atoms. The minimum absolute atomic E-state index is 0.0221. The predicted octanol–water partition coefficient (Wildman–Crippen LogP) is 3.11. The standard InChI is InChI=1S/C17H21NO2/c1-2-10-19-17-14(18)11-16(17)20-15-9-5-7-12-6-3-4-8-13(12)15/h3-9,14,16-17H,2,10-11,18H2,1H3. The predicted molar refractivity (Wildman–Crippen MR) is 81.0 cm³/mol. The summed E-state index contributed by atoms with van der Waals surface area (Å²) in [4.78, 5) is 0. The van der Waals surface area contributed by atoms with Crippen molar-refractivity contribution in [1.29, 1.82) is 0 Å². The van der Waals surface area contributed by atoms with Crippen LogP contribution in [0.5, 0.6) is 5.75 Å². The normalized spacial score (nSPS) is 25.4. The van der Waals surface area contributed by atoms with Gasteiger partial charge in [-0.25, -0.2) is 0 Å². The zero-order chi connectivity index (χ0) is 13.9. The summed E-state index contributed by atoms with van der Waals surface area (Å²) in [5.74, 6) is 0.921. The second kappa shape index (κ2) is 5.81. The highest BCUT2D eigenvalue weighted by Crippen LogP contribution is 2.32. The molecule has 0 aromatic heterocycles. The summed E-state index contributed by atoms with van der Waals surface area (Å²) in [5.41, 5.74) is 6.02. The van der Waals surface area contributed by atoms with Gasteiger partial charge in [0.25, 0.3) is 0 Å². The Bertz CT molecular complexity index is 579. The van der Waals surface area contributed by atoms with Crippen molar-refractivity contribution in [2.24, 2.45) is 5.73 Å². The van der Waals surface area contributed by atoms with Gasteiger partial charge in [-0.3, -0.25) is 0 Å². The number of rotatable bonds is 5. The quantitative estimate of drug-likeness (QED) is 0.908. The third-order valence-electron chi connectivity index (χ3n) is 3.84. The van der Waals surface area contributed by atoms with Crippen molar-refractivity contribution in [1.82, 2.24) is 0 Å². The second-order valence-corrected chi connectivity index (χ2v) is 5.37. The van der Waals surface area contributed by atoms with E-state index in [2.05, 4.69) is 25.1 Å². The summed E-state index contributed by atoms with van der Waals surface area (Å²) >= 11 is 0. The van der Waals surface area contributed by atoms with Crippen molar-refractivity contribution in [3.05, 3.63) is 42.5 Å². The molecule has 2 aromatic rings. The molecule has 0 bridgehead atoms. The summed E-state index contributed by atoms with van der Waals surface area (Å²) in [6, 6.07) is 14.5. The lowest BCUT2D eigenvalue weighted by Crippen LogP contribution is -2.59. The number of fused-ring (bicyclic) bond motifs is 1. The van der Waals surface area contributed by atoms with Crippen LogP contribution in [0.15, 0.2) is 42.5 Å². The van der Waals surface area contributed by atoms with Crippen LogP contribution in [0, 0.1) is 0 Å². The topological polar surface area (TPSA) is 44.5 Å². The van der Waals surface area contributed by atoms with Crippen molar-refractivity contribution in [2.75, 3.05) is 6.61 Å². The molecule has 0 heterocycles. The summed E-state index contributed by atoms with van der Waals surface area (Å²) in [5, 5.41) is 2.34. The van der Waals surface area contributed by atoms with Gasteiger partial charge in [0.05, 0.1) is 0 Å². The average Bonchev–Trinajstić information content (AvgIpc) is 2.47. The van der Waals surface area contributed by atoms with Crippen LogP contribution in [0.1, 0.15) is 19.8 Å². The minimum atomic E-state index is 0.0221. The first-order valence-corrected chi connectivity index (χ1v) is 7.31. The molecule has 2 aromatic carbocycles. The zero-order valence-corrected chi connectivity index (χ0v) is 11.8. The van der Waals surface area contributed by atoms with Gasteiger partial charge >= 0.3 is 0 Å². The monoisotopic (exact) mass is 271 g/mol. The van der Waals surface area contributed by atoms with E-state index in [0.29, 0.717) is 0 Å². The molecule has 0 radical (unpaired) electrons. The molecule has 3 unspecified atom stereocenters. The van der Waals surface area contributed by atoms with Crippen LogP contribution in [0.3, 0.4) is 0 Å². The van der Waals surface area contributed by atoms with Crippen molar-refractivity contribution < 1.29 is 9.47 Å². The van der Waals surface area contributed by atoms with Crippen molar-refractivity contribution >= 4 is 10.8 Å². The van der Waals surface area contributed by atoms with Crippen LogP contribution in [-0.4, -0.2) is 24.9 Å². The number of benzene rings is 2. The van der Waals surface area contributed by atoms with Crippen molar-refractivity contribution in [3.63, 3.8) is 0 Å². The van der Waals surface area contributed by atoms with Gasteiger partial charge in [-0.1, -0.05) is 43.3 Å². The van der Waals surface area contributed by atoms with Crippen LogP contribution in [0.2, 0.25) is 0 Å². The minimum Gasteiger partial charge on any atom is -0.487 e. The number of nitrogens with two attached hydrogens (primary N) is 1. The first kappa shape index (κ1) is 13.4. The van der Waals surface area contributed by atoms with E-state index in [4.69, 9.17) is 15.2 Å². The Labute approximate surface area is 119 Å². The molecule has 3 rings (SSSR count). The van der Waals surface area contributed by atoms with E-state index in [1.807, 2.05) is 24.3 Å². The molecular formula is C17H21NO2. The van der Waals surface area contributed by atoms with Crippen LogP contribution >= 0.6 is 0 Å². The summed E-state index contributed by atoms with van der Waals surface area (Å²) in [7, 11) is 0. The highest BCUT2D eigenvalue weighted by molar-refractivity contribution is 5.88. The number of ether oxygens (including phenoxy) is 2.